The van der Waals surface area contributed by atoms with E-state index in [-0.39, 0.29) is 11.7 Å². The molecule has 1 saturated carbocycles. The number of benzene rings is 1. The predicted octanol–water partition coefficient (Wildman–Crippen LogP) is 1.89. The van der Waals surface area contributed by atoms with E-state index in [0.717, 1.165) is 28.9 Å². The maximum absolute atomic E-state index is 12.5. The van der Waals surface area contributed by atoms with Crippen LogP contribution in [0.4, 0.5) is 4.79 Å². The van der Waals surface area contributed by atoms with E-state index in [9.17, 15) is 19.2 Å². The van der Waals surface area contributed by atoms with Crippen molar-refractivity contribution in [3.8, 4) is 0 Å². The minimum Gasteiger partial charge on any atom is -0.456 e. The van der Waals surface area contributed by atoms with Gasteiger partial charge in [-0.15, -0.1) is 0 Å². The molecule has 1 aliphatic heterocycles. The first kappa shape index (κ1) is 18.1. The molecule has 7 nitrogen and oxygen atoms in total. The molecule has 2 fully saturated rings. The molecule has 3 amide bonds. The summed E-state index contributed by atoms with van der Waals surface area (Å²) in [5, 5.41) is 2.70. The number of nitrogens with zero attached hydrogens (tertiary/aromatic N) is 1. The zero-order chi connectivity index (χ0) is 18.9. The molecule has 0 atom stereocenters. The summed E-state index contributed by atoms with van der Waals surface area (Å²) in [4.78, 5) is 49.5. The minimum absolute atomic E-state index is 0.328. The predicted molar refractivity (Wildman–Crippen MR) is 92.6 cm³/mol. The van der Waals surface area contributed by atoms with Crippen molar-refractivity contribution in [3.63, 3.8) is 0 Å². The maximum Gasteiger partial charge on any atom is 0.326 e. The summed E-state index contributed by atoms with van der Waals surface area (Å²) in [5.41, 5.74) is 1.65. The third-order valence-electron chi connectivity index (χ3n) is 5.18. The van der Waals surface area contributed by atoms with Crippen LogP contribution in [-0.4, -0.2) is 47.3 Å². The number of nitrogens with one attached hydrogen (secondary N) is 1. The molecule has 0 unspecified atom stereocenters. The van der Waals surface area contributed by atoms with Gasteiger partial charge in [0.2, 0.25) is 0 Å². The molecule has 3 rings (SSSR count). The fourth-order valence-electron chi connectivity index (χ4n) is 3.46. The number of ether oxygens (including phenoxy) is 1. The first-order valence-corrected chi connectivity index (χ1v) is 8.72. The van der Waals surface area contributed by atoms with E-state index >= 15 is 0 Å². The second kappa shape index (κ2) is 6.90. The summed E-state index contributed by atoms with van der Waals surface area (Å²) >= 11 is 0. The topological polar surface area (TPSA) is 92.8 Å². The number of urea groups is 1. The highest BCUT2D eigenvalue weighted by molar-refractivity contribution is 6.09. The number of ketones is 1. The Morgan fingerprint density at radius 2 is 1.85 bits per heavy atom. The van der Waals surface area contributed by atoms with E-state index in [1.807, 2.05) is 19.9 Å². The standard InChI is InChI=1S/C19H22N2O5/c1-12-5-6-14(9-13(12)2)15(22)11-26-16(23)10-21-17(24)19(20-18(21)25)7-3-4-8-19/h5-6,9H,3-4,7-8,10-11H2,1-2H3,(H,20,25). The number of aryl methyl sites for hydroxylation is 2. The highest BCUT2D eigenvalue weighted by atomic mass is 16.5. The highest BCUT2D eigenvalue weighted by Crippen LogP contribution is 2.34. The van der Waals surface area contributed by atoms with Crippen LogP contribution >= 0.6 is 0 Å². The van der Waals surface area contributed by atoms with Crippen LogP contribution in [0.25, 0.3) is 0 Å². The molecule has 1 spiro atoms. The second-order valence-electron chi connectivity index (χ2n) is 6.99. The van der Waals surface area contributed by atoms with E-state index in [2.05, 4.69) is 5.32 Å². The third-order valence-corrected chi connectivity index (χ3v) is 5.18. The number of Topliss-reactive ketones (excluding diaryl/α,β-unsaturated/α-hetero) is 1. The number of carbonyl (C=O) groups is 4. The van der Waals surface area contributed by atoms with Crippen LogP contribution in [-0.2, 0) is 14.3 Å². The summed E-state index contributed by atoms with van der Waals surface area (Å²) in [7, 11) is 0. The zero-order valence-electron chi connectivity index (χ0n) is 15.0. The summed E-state index contributed by atoms with van der Waals surface area (Å²) < 4.78 is 4.98. The Morgan fingerprint density at radius 3 is 2.50 bits per heavy atom. The van der Waals surface area contributed by atoms with Crippen molar-refractivity contribution in [2.24, 2.45) is 0 Å². The molecular formula is C19H22N2O5. The van der Waals surface area contributed by atoms with E-state index in [1.54, 1.807) is 12.1 Å². The fourth-order valence-corrected chi connectivity index (χ4v) is 3.46. The summed E-state index contributed by atoms with van der Waals surface area (Å²) in [6.45, 7) is 2.94. The Morgan fingerprint density at radius 1 is 1.15 bits per heavy atom. The van der Waals surface area contributed by atoms with Gasteiger partial charge < -0.3 is 10.1 Å². The molecular weight excluding hydrogens is 336 g/mol. The van der Waals surface area contributed by atoms with Crippen molar-refractivity contribution in [1.82, 2.24) is 10.2 Å². The molecule has 0 bridgehead atoms. The molecule has 1 N–H and O–H groups in total. The Hall–Kier alpha value is -2.70. The molecule has 1 aliphatic carbocycles. The lowest BCUT2D eigenvalue weighted by atomic mass is 9.98. The summed E-state index contributed by atoms with van der Waals surface area (Å²) in [6.07, 6.45) is 2.92. The molecule has 2 aliphatic rings. The maximum atomic E-state index is 12.5. The number of imide groups is 1. The van der Waals surface area contributed by atoms with Crippen LogP contribution in [0.3, 0.4) is 0 Å². The Balaban J connectivity index is 1.55. The Kier molecular flexibility index (Phi) is 4.80. The highest BCUT2D eigenvalue weighted by Gasteiger charge is 2.52. The van der Waals surface area contributed by atoms with Gasteiger partial charge in [-0.3, -0.25) is 19.3 Å². The number of hydrogen-bond donors (Lipinski definition) is 1. The fraction of sp³-hybridized carbons (Fsp3) is 0.474. The van der Waals surface area contributed by atoms with Gasteiger partial charge in [0.25, 0.3) is 5.91 Å². The SMILES string of the molecule is Cc1ccc(C(=O)COC(=O)CN2C(=O)NC3(CCCC3)C2=O)cc1C. The molecule has 1 aromatic carbocycles. The monoisotopic (exact) mass is 358 g/mol. The molecule has 138 valence electrons. The van der Waals surface area contributed by atoms with Crippen molar-refractivity contribution in [2.45, 2.75) is 45.1 Å². The van der Waals surface area contributed by atoms with Gasteiger partial charge in [-0.1, -0.05) is 25.0 Å². The summed E-state index contributed by atoms with van der Waals surface area (Å²) in [6, 6.07) is 4.68. The molecule has 7 heteroatoms. The van der Waals surface area contributed by atoms with Gasteiger partial charge in [0.1, 0.15) is 12.1 Å². The first-order chi connectivity index (χ1) is 12.3. The van der Waals surface area contributed by atoms with E-state index in [1.165, 1.54) is 0 Å². The summed E-state index contributed by atoms with van der Waals surface area (Å²) in [5.74, 6) is -1.48. The number of carbonyl (C=O) groups excluding carboxylic acids is 4. The van der Waals surface area contributed by atoms with Gasteiger partial charge in [0, 0.05) is 5.56 Å². The number of rotatable bonds is 5. The van der Waals surface area contributed by atoms with E-state index < -0.39 is 30.7 Å². The van der Waals surface area contributed by atoms with Crippen LogP contribution in [0.1, 0.15) is 47.2 Å². The average Bonchev–Trinajstić information content (AvgIpc) is 3.16. The van der Waals surface area contributed by atoms with E-state index in [0.29, 0.717) is 18.4 Å². The number of esters is 1. The quantitative estimate of drug-likeness (QED) is 0.493. The normalized spacial score (nSPS) is 18.3. The lowest BCUT2D eigenvalue weighted by Gasteiger charge is -2.19. The largest absolute Gasteiger partial charge is 0.456 e. The van der Waals surface area contributed by atoms with Crippen molar-refractivity contribution in [1.29, 1.82) is 0 Å². The number of amides is 3. The average molecular weight is 358 g/mol. The molecule has 26 heavy (non-hydrogen) atoms. The van der Waals surface area contributed by atoms with Crippen molar-refractivity contribution in [3.05, 3.63) is 34.9 Å². The molecule has 1 saturated heterocycles. The van der Waals surface area contributed by atoms with Crippen LogP contribution < -0.4 is 5.32 Å². The van der Waals surface area contributed by atoms with Gasteiger partial charge >= 0.3 is 12.0 Å². The second-order valence-corrected chi connectivity index (χ2v) is 6.99. The zero-order valence-corrected chi connectivity index (χ0v) is 15.0. The van der Waals surface area contributed by atoms with Gasteiger partial charge in [-0.2, -0.15) is 0 Å². The van der Waals surface area contributed by atoms with Crippen LogP contribution in [0.5, 0.6) is 0 Å². The van der Waals surface area contributed by atoms with Gasteiger partial charge in [0.15, 0.2) is 12.4 Å². The minimum atomic E-state index is -0.855. The van der Waals surface area contributed by atoms with Gasteiger partial charge in [-0.25, -0.2) is 4.79 Å². The van der Waals surface area contributed by atoms with Crippen molar-refractivity contribution in [2.75, 3.05) is 13.2 Å². The lowest BCUT2D eigenvalue weighted by Crippen LogP contribution is -2.44. The third kappa shape index (κ3) is 3.34. The van der Waals surface area contributed by atoms with Gasteiger partial charge in [-0.05, 0) is 43.9 Å². The van der Waals surface area contributed by atoms with Gasteiger partial charge in [0.05, 0.1) is 0 Å². The Bertz CT molecular complexity index is 780. The first-order valence-electron chi connectivity index (χ1n) is 8.72. The van der Waals surface area contributed by atoms with Crippen molar-refractivity contribution < 1.29 is 23.9 Å². The van der Waals surface area contributed by atoms with Crippen LogP contribution in [0.15, 0.2) is 18.2 Å². The lowest BCUT2D eigenvalue weighted by molar-refractivity contribution is -0.146. The number of hydrogen-bond acceptors (Lipinski definition) is 5. The molecule has 1 heterocycles. The smallest absolute Gasteiger partial charge is 0.326 e. The molecule has 0 aromatic heterocycles. The Labute approximate surface area is 151 Å². The van der Waals surface area contributed by atoms with Crippen LogP contribution in [0.2, 0.25) is 0 Å². The molecule has 1 aromatic rings. The van der Waals surface area contributed by atoms with Crippen molar-refractivity contribution >= 4 is 23.7 Å². The van der Waals surface area contributed by atoms with E-state index in [4.69, 9.17) is 4.74 Å². The van der Waals surface area contributed by atoms with Crippen LogP contribution in [0, 0.1) is 13.8 Å². The molecule has 0 radical (unpaired) electrons.